The first-order chi connectivity index (χ1) is 18.7. The molecule has 6 aromatic carbocycles. The summed E-state index contributed by atoms with van der Waals surface area (Å²) in [4.78, 5) is 0. The van der Waals surface area contributed by atoms with E-state index in [9.17, 15) is 0 Å². The van der Waals surface area contributed by atoms with E-state index in [-0.39, 0.29) is 0 Å². The Morgan fingerprint density at radius 3 is 1.13 bits per heavy atom. The molecule has 0 spiro atoms. The lowest BCUT2D eigenvalue weighted by atomic mass is 9.95. The van der Waals surface area contributed by atoms with E-state index in [4.69, 9.17) is 0 Å². The Kier molecular flexibility index (Phi) is 4.39. The van der Waals surface area contributed by atoms with Crippen LogP contribution in [0.2, 0.25) is 0 Å². The van der Waals surface area contributed by atoms with Crippen molar-refractivity contribution in [2.24, 2.45) is 14.1 Å². The third kappa shape index (κ3) is 2.89. The van der Waals surface area contributed by atoms with Crippen LogP contribution in [0.25, 0.3) is 76.6 Å². The Bertz CT molecular complexity index is 2020. The highest BCUT2D eigenvalue weighted by molar-refractivity contribution is 6.24. The SMILES string of the molecule is Cn1c(-c2ccccc2)cc2ccc3c4ccc5c(ccc6cc(-c7ccccc7)n(C)c65)c4ccc3c21. The first kappa shape index (κ1) is 21.3. The summed E-state index contributed by atoms with van der Waals surface area (Å²) in [6.45, 7) is 0. The fourth-order valence-corrected chi connectivity index (χ4v) is 6.52. The van der Waals surface area contributed by atoms with Crippen molar-refractivity contribution in [1.29, 1.82) is 0 Å². The molecule has 0 atom stereocenters. The van der Waals surface area contributed by atoms with Crippen LogP contribution in [0, 0.1) is 0 Å². The van der Waals surface area contributed by atoms with Gasteiger partial charge < -0.3 is 9.13 Å². The molecule has 0 aliphatic heterocycles. The normalized spacial score (nSPS) is 11.9. The summed E-state index contributed by atoms with van der Waals surface area (Å²) in [6.07, 6.45) is 0. The Morgan fingerprint density at radius 1 is 0.368 bits per heavy atom. The van der Waals surface area contributed by atoms with E-state index in [0.717, 1.165) is 0 Å². The predicted octanol–water partition coefficient (Wildman–Crippen LogP) is 9.46. The molecule has 2 aromatic heterocycles. The molecule has 0 saturated carbocycles. The van der Waals surface area contributed by atoms with Gasteiger partial charge in [-0.25, -0.2) is 0 Å². The Labute approximate surface area is 221 Å². The average molecular weight is 487 g/mol. The minimum atomic E-state index is 1.24. The molecule has 38 heavy (non-hydrogen) atoms. The Balaban J connectivity index is 1.39. The van der Waals surface area contributed by atoms with Crippen molar-refractivity contribution in [3.8, 4) is 22.5 Å². The van der Waals surface area contributed by atoms with E-state index < -0.39 is 0 Å². The minimum Gasteiger partial charge on any atom is -0.343 e. The molecule has 2 nitrogen and oxygen atoms in total. The molecular formula is C36H26N2. The van der Waals surface area contributed by atoms with Gasteiger partial charge in [0, 0.05) is 47.0 Å². The maximum Gasteiger partial charge on any atom is 0.0562 e. The molecule has 8 aromatic rings. The van der Waals surface area contributed by atoms with Crippen LogP contribution in [0.4, 0.5) is 0 Å². The summed E-state index contributed by atoms with van der Waals surface area (Å²) in [6, 6.07) is 44.4. The maximum atomic E-state index is 2.35. The van der Waals surface area contributed by atoms with E-state index in [1.807, 2.05) is 0 Å². The van der Waals surface area contributed by atoms with Gasteiger partial charge in [0.25, 0.3) is 0 Å². The van der Waals surface area contributed by atoms with Crippen LogP contribution in [-0.4, -0.2) is 9.13 Å². The number of rotatable bonds is 2. The molecule has 0 amide bonds. The third-order valence-corrected chi connectivity index (χ3v) is 8.32. The molecule has 0 aliphatic rings. The molecule has 0 N–H and O–H groups in total. The quantitative estimate of drug-likeness (QED) is 0.215. The van der Waals surface area contributed by atoms with Crippen LogP contribution in [0.1, 0.15) is 0 Å². The average Bonchev–Trinajstić information content (AvgIpc) is 3.50. The zero-order valence-corrected chi connectivity index (χ0v) is 21.4. The second-order valence-electron chi connectivity index (χ2n) is 10.3. The molecule has 180 valence electrons. The molecule has 0 aliphatic carbocycles. The van der Waals surface area contributed by atoms with Gasteiger partial charge in [-0.1, -0.05) is 109 Å². The topological polar surface area (TPSA) is 9.86 Å². The number of hydrogen-bond donors (Lipinski definition) is 0. The highest BCUT2D eigenvalue weighted by Crippen LogP contribution is 2.39. The largest absolute Gasteiger partial charge is 0.343 e. The zero-order valence-electron chi connectivity index (χ0n) is 21.4. The standard InChI is InChI=1S/C36H26N2/c1-37-33(23-9-5-3-6-10-23)21-25-13-15-29-27-18-20-32-30(28(27)17-19-31(29)35(25)37)16-14-26-22-34(38(2)36(26)32)24-11-7-4-8-12-24/h3-22H,1-2H3. The van der Waals surface area contributed by atoms with Crippen molar-refractivity contribution in [1.82, 2.24) is 9.13 Å². The van der Waals surface area contributed by atoms with Gasteiger partial charge in [0.2, 0.25) is 0 Å². The van der Waals surface area contributed by atoms with E-state index >= 15 is 0 Å². The lowest BCUT2D eigenvalue weighted by molar-refractivity contribution is 0.982. The van der Waals surface area contributed by atoms with Gasteiger partial charge in [0.1, 0.15) is 0 Å². The number of aryl methyl sites for hydroxylation is 2. The fourth-order valence-electron chi connectivity index (χ4n) is 6.52. The number of hydrogen-bond acceptors (Lipinski definition) is 0. The lowest BCUT2D eigenvalue weighted by Crippen LogP contribution is -1.93. The van der Waals surface area contributed by atoms with Gasteiger partial charge in [-0.15, -0.1) is 0 Å². The number of fused-ring (bicyclic) bond motifs is 9. The highest BCUT2D eigenvalue weighted by atomic mass is 15.0. The van der Waals surface area contributed by atoms with E-state index in [1.165, 1.54) is 76.6 Å². The summed E-state index contributed by atoms with van der Waals surface area (Å²) in [5, 5.41) is 10.4. The summed E-state index contributed by atoms with van der Waals surface area (Å²) in [7, 11) is 4.37. The molecule has 0 saturated heterocycles. The molecule has 2 heteroatoms. The van der Waals surface area contributed by atoms with Gasteiger partial charge in [0.05, 0.1) is 11.0 Å². The van der Waals surface area contributed by atoms with Gasteiger partial charge in [-0.2, -0.15) is 0 Å². The first-order valence-electron chi connectivity index (χ1n) is 13.2. The summed E-state index contributed by atoms with van der Waals surface area (Å²) < 4.78 is 4.69. The molecule has 0 radical (unpaired) electrons. The van der Waals surface area contributed by atoms with Gasteiger partial charge in [-0.3, -0.25) is 0 Å². The Morgan fingerprint density at radius 2 is 0.711 bits per heavy atom. The molecule has 0 fully saturated rings. The molecular weight excluding hydrogens is 460 g/mol. The van der Waals surface area contributed by atoms with Crippen molar-refractivity contribution >= 4 is 54.1 Å². The zero-order chi connectivity index (χ0) is 25.4. The molecule has 0 unspecified atom stereocenters. The monoisotopic (exact) mass is 486 g/mol. The second kappa shape index (κ2) is 7.84. The van der Waals surface area contributed by atoms with Crippen LogP contribution in [0.3, 0.4) is 0 Å². The van der Waals surface area contributed by atoms with Crippen molar-refractivity contribution in [3.05, 3.63) is 121 Å². The smallest absolute Gasteiger partial charge is 0.0562 e. The maximum absolute atomic E-state index is 2.35. The van der Waals surface area contributed by atoms with Crippen LogP contribution in [-0.2, 0) is 14.1 Å². The lowest BCUT2D eigenvalue weighted by Gasteiger charge is -2.12. The van der Waals surface area contributed by atoms with Gasteiger partial charge in [-0.05, 0) is 44.8 Å². The minimum absolute atomic E-state index is 1.24. The highest BCUT2D eigenvalue weighted by Gasteiger charge is 2.15. The van der Waals surface area contributed by atoms with Crippen LogP contribution in [0.15, 0.2) is 121 Å². The molecule has 8 rings (SSSR count). The first-order valence-corrected chi connectivity index (χ1v) is 13.2. The van der Waals surface area contributed by atoms with Gasteiger partial charge >= 0.3 is 0 Å². The summed E-state index contributed by atoms with van der Waals surface area (Å²) >= 11 is 0. The predicted molar refractivity (Wildman–Crippen MR) is 163 cm³/mol. The number of benzene rings is 6. The van der Waals surface area contributed by atoms with Crippen molar-refractivity contribution < 1.29 is 0 Å². The number of aromatic nitrogens is 2. The molecule has 0 bridgehead atoms. The van der Waals surface area contributed by atoms with Crippen LogP contribution >= 0.6 is 0 Å². The van der Waals surface area contributed by atoms with Gasteiger partial charge in [0.15, 0.2) is 0 Å². The van der Waals surface area contributed by atoms with Crippen molar-refractivity contribution in [2.45, 2.75) is 0 Å². The van der Waals surface area contributed by atoms with E-state index in [0.29, 0.717) is 0 Å². The van der Waals surface area contributed by atoms with Crippen molar-refractivity contribution in [2.75, 3.05) is 0 Å². The van der Waals surface area contributed by atoms with E-state index in [2.05, 4.69) is 145 Å². The third-order valence-electron chi connectivity index (χ3n) is 8.32. The Hall–Kier alpha value is -4.82. The fraction of sp³-hybridized carbons (Fsp3) is 0.0556. The van der Waals surface area contributed by atoms with Crippen LogP contribution < -0.4 is 0 Å². The summed E-state index contributed by atoms with van der Waals surface area (Å²) in [5.41, 5.74) is 7.54. The van der Waals surface area contributed by atoms with E-state index in [1.54, 1.807) is 0 Å². The van der Waals surface area contributed by atoms with Crippen molar-refractivity contribution in [3.63, 3.8) is 0 Å². The number of nitrogens with zero attached hydrogens (tertiary/aromatic N) is 2. The molecule has 2 heterocycles. The summed E-state index contributed by atoms with van der Waals surface area (Å²) in [5.74, 6) is 0. The second-order valence-corrected chi connectivity index (χ2v) is 10.3. The van der Waals surface area contributed by atoms with Crippen LogP contribution in [0.5, 0.6) is 0 Å².